The lowest BCUT2D eigenvalue weighted by molar-refractivity contribution is -0.152. The van der Waals surface area contributed by atoms with E-state index in [0.29, 0.717) is 10.0 Å². The van der Waals surface area contributed by atoms with E-state index in [1.165, 1.54) is 10.9 Å². The highest BCUT2D eigenvalue weighted by Crippen LogP contribution is 2.51. The number of carbonyl (C=O) groups excluding carboxylic acids is 1. The van der Waals surface area contributed by atoms with Crippen LogP contribution in [0.25, 0.3) is 11.3 Å². The topological polar surface area (TPSA) is 107 Å². The molecule has 206 valence electrons. The minimum Gasteiger partial charge on any atom is -0.464 e. The van der Waals surface area contributed by atoms with Crippen LogP contribution in [0.1, 0.15) is 13.0 Å². The van der Waals surface area contributed by atoms with Crippen molar-refractivity contribution in [3.8, 4) is 11.3 Å². The van der Waals surface area contributed by atoms with Crippen molar-refractivity contribution in [1.29, 1.82) is 0 Å². The third-order valence-electron chi connectivity index (χ3n) is 6.14. The summed E-state index contributed by atoms with van der Waals surface area (Å²) in [7, 11) is -1.27. The first kappa shape index (κ1) is 28.7. The van der Waals surface area contributed by atoms with Gasteiger partial charge in [-0.1, -0.05) is 28.4 Å². The average molecular weight is 594 g/mol. The molecule has 2 aromatic carbocycles. The largest absolute Gasteiger partial charge is 0.464 e. The maximum absolute atomic E-state index is 13.8. The van der Waals surface area contributed by atoms with Crippen LogP contribution in [0.4, 0.5) is 13.2 Å². The number of aliphatic hydroxyl groups excluding tert-OH is 2. The van der Waals surface area contributed by atoms with Crippen molar-refractivity contribution in [2.24, 2.45) is 0 Å². The molecule has 1 aliphatic rings. The Kier molecular flexibility index (Phi) is 9.22. The number of halogens is 5. The molecule has 4 rings (SSSR count). The highest BCUT2D eigenvalue weighted by atomic mass is 35.5. The predicted octanol–water partition coefficient (Wildman–Crippen LogP) is 3.95. The van der Waals surface area contributed by atoms with Crippen molar-refractivity contribution < 1.29 is 37.7 Å². The minimum atomic E-state index is -1.61. The van der Waals surface area contributed by atoms with Crippen molar-refractivity contribution in [3.05, 3.63) is 64.0 Å². The summed E-state index contributed by atoms with van der Waals surface area (Å²) in [5.41, 5.74) is -0.0595. The molecule has 1 saturated heterocycles. The molecule has 0 saturated carbocycles. The number of aromatic nitrogens is 3. The van der Waals surface area contributed by atoms with E-state index >= 15 is 0 Å². The molecule has 2 heterocycles. The summed E-state index contributed by atoms with van der Waals surface area (Å²) in [6, 6.07) is 5.65. The summed E-state index contributed by atoms with van der Waals surface area (Å²) in [6.45, 7) is 1.01. The van der Waals surface area contributed by atoms with Gasteiger partial charge in [0.05, 0.1) is 41.7 Å². The van der Waals surface area contributed by atoms with Gasteiger partial charge in [-0.05, 0) is 42.2 Å². The quantitative estimate of drug-likeness (QED) is 0.206. The molecule has 1 aliphatic heterocycles. The summed E-state index contributed by atoms with van der Waals surface area (Å²) < 4.78 is 53.1. The molecule has 1 aromatic heterocycles. The first-order valence-electron chi connectivity index (χ1n) is 11.5. The zero-order valence-corrected chi connectivity index (χ0v) is 22.3. The van der Waals surface area contributed by atoms with Crippen LogP contribution in [0, 0.1) is 17.5 Å². The Balaban J connectivity index is 1.70. The highest BCUT2D eigenvalue weighted by molar-refractivity contribution is 8.17. The van der Waals surface area contributed by atoms with E-state index in [1.54, 1.807) is 25.1 Å². The van der Waals surface area contributed by atoms with Gasteiger partial charge in [-0.3, -0.25) is 0 Å². The zero-order chi connectivity index (χ0) is 27.6. The molecular formula is C24H24Cl2F3N3O5S. The van der Waals surface area contributed by atoms with E-state index in [9.17, 15) is 28.2 Å². The fraction of sp³-hybridized carbons (Fsp3) is 0.375. The Hall–Kier alpha value is -2.35. The van der Waals surface area contributed by atoms with Crippen molar-refractivity contribution >= 4 is 40.1 Å². The van der Waals surface area contributed by atoms with Crippen LogP contribution < -0.4 is 0 Å². The van der Waals surface area contributed by atoms with E-state index in [1.807, 2.05) is 0 Å². The maximum atomic E-state index is 13.8. The van der Waals surface area contributed by atoms with Gasteiger partial charge in [-0.25, -0.2) is 33.5 Å². The summed E-state index contributed by atoms with van der Waals surface area (Å²) in [5.74, 6) is -4.72. The third-order valence-corrected chi connectivity index (χ3v) is 9.84. The lowest BCUT2D eigenvalue weighted by atomic mass is 10.0. The minimum absolute atomic E-state index is 0.0111. The normalized spacial score (nSPS) is 24.4. The fourth-order valence-electron chi connectivity index (χ4n) is 4.35. The number of hydrogen-bond donors (Lipinski definition) is 3. The molecule has 0 spiro atoms. The number of aliphatic hydroxyl groups is 2. The standard InChI is InChI=1S/C24H24Cl2F3N3O5S/c1-2-36-21(34)10-37-19-11-38(13-3-4-14(25)15(26)7-13)20(9-33)24(35)23(19)32-8-18(30-31-32)12-5-16(27)22(29)17(28)6-12/h3-8,19-20,23-24,33,35,38H,2,9-11H2,1H3/t19-,20+,23+,24-/m0/s1. The second kappa shape index (κ2) is 12.2. The number of hydrogen-bond acceptors (Lipinski definition) is 7. The summed E-state index contributed by atoms with van der Waals surface area (Å²) in [4.78, 5) is 12.8. The fourth-order valence-corrected chi connectivity index (χ4v) is 7.60. The Labute approximate surface area is 228 Å². The summed E-state index contributed by atoms with van der Waals surface area (Å²) >= 11 is 12.3. The van der Waals surface area contributed by atoms with Gasteiger partial charge >= 0.3 is 5.97 Å². The number of carbonyl (C=O) groups is 1. The van der Waals surface area contributed by atoms with Crippen LogP contribution in [0.5, 0.6) is 0 Å². The van der Waals surface area contributed by atoms with Crippen molar-refractivity contribution in [1.82, 2.24) is 15.0 Å². The smallest absolute Gasteiger partial charge is 0.332 e. The number of rotatable bonds is 8. The van der Waals surface area contributed by atoms with Crippen LogP contribution in [-0.2, 0) is 14.3 Å². The Morgan fingerprint density at radius 1 is 1.18 bits per heavy atom. The van der Waals surface area contributed by atoms with Crippen molar-refractivity contribution in [2.75, 3.05) is 25.6 Å². The molecular weight excluding hydrogens is 570 g/mol. The number of nitrogens with zero attached hydrogens (tertiary/aromatic N) is 3. The molecule has 1 unspecified atom stereocenters. The van der Waals surface area contributed by atoms with Crippen LogP contribution >= 0.6 is 34.1 Å². The van der Waals surface area contributed by atoms with E-state index in [-0.39, 0.29) is 30.2 Å². The molecule has 38 heavy (non-hydrogen) atoms. The monoisotopic (exact) mass is 593 g/mol. The molecule has 0 amide bonds. The number of thiol groups is 1. The van der Waals surface area contributed by atoms with Crippen LogP contribution in [0.2, 0.25) is 10.0 Å². The van der Waals surface area contributed by atoms with Crippen molar-refractivity contribution in [3.63, 3.8) is 0 Å². The lowest BCUT2D eigenvalue weighted by Gasteiger charge is -2.46. The Morgan fingerprint density at radius 3 is 2.53 bits per heavy atom. The van der Waals surface area contributed by atoms with Gasteiger partial charge in [0.25, 0.3) is 0 Å². The van der Waals surface area contributed by atoms with Gasteiger partial charge < -0.3 is 19.7 Å². The molecule has 0 aliphatic carbocycles. The lowest BCUT2D eigenvalue weighted by Crippen LogP contribution is -2.51. The van der Waals surface area contributed by atoms with E-state index in [2.05, 4.69) is 10.3 Å². The second-order valence-corrected chi connectivity index (χ2v) is 11.8. The summed E-state index contributed by atoms with van der Waals surface area (Å²) in [5, 5.41) is 29.6. The Morgan fingerprint density at radius 2 is 1.89 bits per heavy atom. The van der Waals surface area contributed by atoms with E-state index < -0.39 is 64.4 Å². The number of ether oxygens (including phenoxy) is 2. The molecule has 2 N–H and O–H groups in total. The summed E-state index contributed by atoms with van der Waals surface area (Å²) in [6.07, 6.45) is -0.728. The molecule has 0 radical (unpaired) electrons. The average Bonchev–Trinajstić information content (AvgIpc) is 3.37. The second-order valence-electron chi connectivity index (χ2n) is 8.47. The first-order chi connectivity index (χ1) is 18.1. The van der Waals surface area contributed by atoms with Crippen LogP contribution in [0.3, 0.4) is 0 Å². The van der Waals surface area contributed by atoms with Crippen molar-refractivity contribution in [2.45, 2.75) is 35.3 Å². The van der Waals surface area contributed by atoms with Gasteiger partial charge in [0.15, 0.2) is 17.5 Å². The third kappa shape index (κ3) is 5.95. The highest BCUT2D eigenvalue weighted by Gasteiger charge is 2.45. The van der Waals surface area contributed by atoms with E-state index in [0.717, 1.165) is 17.0 Å². The first-order valence-corrected chi connectivity index (χ1v) is 13.8. The SMILES string of the molecule is CCOC(=O)CO[C@H]1C[SH](c2ccc(Cl)c(Cl)c2)[C@H](CO)[C@H](O)[C@@H]1n1cc(-c2cc(F)c(F)c(F)c2)nn1. The molecule has 3 aromatic rings. The molecule has 0 bridgehead atoms. The van der Waals surface area contributed by atoms with Gasteiger partial charge in [0.2, 0.25) is 0 Å². The molecule has 1 fully saturated rings. The Bertz CT molecular complexity index is 1290. The predicted molar refractivity (Wildman–Crippen MR) is 136 cm³/mol. The zero-order valence-electron chi connectivity index (χ0n) is 19.9. The van der Waals surface area contributed by atoms with Crippen LogP contribution in [-0.4, -0.2) is 74.2 Å². The van der Waals surface area contributed by atoms with E-state index in [4.69, 9.17) is 32.7 Å². The van der Waals surface area contributed by atoms with Gasteiger partial charge in [0.1, 0.15) is 18.3 Å². The van der Waals surface area contributed by atoms with Crippen LogP contribution in [0.15, 0.2) is 41.4 Å². The number of benzene rings is 2. The molecule has 8 nitrogen and oxygen atoms in total. The van der Waals surface area contributed by atoms with Gasteiger partial charge in [-0.15, -0.1) is 5.10 Å². The molecule has 14 heteroatoms. The van der Waals surface area contributed by atoms with Gasteiger partial charge in [-0.2, -0.15) is 0 Å². The maximum Gasteiger partial charge on any atom is 0.332 e. The number of esters is 1. The molecule has 5 atom stereocenters. The van der Waals surface area contributed by atoms with Gasteiger partial charge in [0, 0.05) is 16.6 Å².